The molecule has 0 bridgehead atoms. The van der Waals surface area contributed by atoms with Gasteiger partial charge in [-0.05, 0) is 54.2 Å². The van der Waals surface area contributed by atoms with E-state index in [1.807, 2.05) is 18.2 Å². The van der Waals surface area contributed by atoms with Gasteiger partial charge in [-0.1, -0.05) is 49.7 Å². The minimum absolute atomic E-state index is 0.273. The van der Waals surface area contributed by atoms with Gasteiger partial charge in [0.15, 0.2) is 11.5 Å². The van der Waals surface area contributed by atoms with Crippen molar-refractivity contribution in [2.45, 2.75) is 39.3 Å². The average molecular weight is 460 g/mol. The monoisotopic (exact) mass is 459 g/mol. The fourth-order valence-corrected chi connectivity index (χ4v) is 4.39. The van der Waals surface area contributed by atoms with Gasteiger partial charge in [0.1, 0.15) is 18.1 Å². The summed E-state index contributed by atoms with van der Waals surface area (Å²) in [5.74, 6) is 1.83. The van der Waals surface area contributed by atoms with Gasteiger partial charge in [-0.2, -0.15) is 0 Å². The zero-order valence-electron chi connectivity index (χ0n) is 18.8. The highest BCUT2D eigenvalue weighted by Gasteiger charge is 2.22. The van der Waals surface area contributed by atoms with Crippen LogP contribution in [0.3, 0.4) is 0 Å². The van der Waals surface area contributed by atoms with Gasteiger partial charge in [0.2, 0.25) is 0 Å². The van der Waals surface area contributed by atoms with Crippen molar-refractivity contribution in [3.8, 4) is 11.4 Å². The molecule has 33 heavy (non-hydrogen) atoms. The third-order valence-electron chi connectivity index (χ3n) is 5.68. The number of hydrogen-bond donors (Lipinski definition) is 1. The minimum Gasteiger partial charge on any atom is -0.373 e. The predicted molar refractivity (Wildman–Crippen MR) is 131 cm³/mol. The zero-order valence-corrected chi connectivity index (χ0v) is 19.5. The molecular weight excluding hydrogens is 434 g/mol. The zero-order chi connectivity index (χ0) is 22.8. The van der Waals surface area contributed by atoms with Crippen molar-refractivity contribution in [2.75, 3.05) is 11.9 Å². The summed E-state index contributed by atoms with van der Waals surface area (Å²) < 4.78 is 5.83. The van der Waals surface area contributed by atoms with Crippen LogP contribution in [-0.2, 0) is 24.2 Å². The van der Waals surface area contributed by atoms with E-state index < -0.39 is 0 Å². The van der Waals surface area contributed by atoms with Crippen molar-refractivity contribution < 1.29 is 4.74 Å². The van der Waals surface area contributed by atoms with Crippen molar-refractivity contribution >= 4 is 28.5 Å². The Balaban J connectivity index is 1.50. The average Bonchev–Trinajstić information content (AvgIpc) is 3.21. The highest BCUT2D eigenvalue weighted by atomic mass is 35.5. The van der Waals surface area contributed by atoms with E-state index in [1.165, 1.54) is 11.1 Å². The molecule has 4 aromatic rings. The molecule has 168 valence electrons. The molecule has 7 heteroatoms. The second kappa shape index (κ2) is 9.41. The summed E-state index contributed by atoms with van der Waals surface area (Å²) in [4.78, 5) is 18.7. The second-order valence-corrected chi connectivity index (χ2v) is 9.22. The summed E-state index contributed by atoms with van der Waals surface area (Å²) in [6.45, 7) is 5.23. The Kier molecular flexibility index (Phi) is 6.20. The highest BCUT2D eigenvalue weighted by Crippen LogP contribution is 2.29. The Morgan fingerprint density at radius 2 is 1.79 bits per heavy atom. The van der Waals surface area contributed by atoms with Crippen LogP contribution in [-0.4, -0.2) is 32.6 Å². The fraction of sp³-hybridized carbons (Fsp3) is 0.308. The molecule has 0 unspecified atom stereocenters. The number of pyridine rings is 2. The summed E-state index contributed by atoms with van der Waals surface area (Å²) >= 11 is 6.36. The Bertz CT molecular complexity index is 1270. The molecule has 0 saturated carbocycles. The molecule has 5 rings (SSSR count). The van der Waals surface area contributed by atoms with E-state index in [2.05, 4.69) is 48.4 Å². The van der Waals surface area contributed by atoms with Crippen LogP contribution < -0.4 is 5.32 Å². The van der Waals surface area contributed by atoms with E-state index in [0.717, 1.165) is 24.0 Å². The van der Waals surface area contributed by atoms with Gasteiger partial charge in [-0.3, -0.25) is 4.98 Å². The maximum Gasteiger partial charge on any atom is 0.165 e. The third kappa shape index (κ3) is 4.82. The molecule has 1 aliphatic carbocycles. The molecule has 0 atom stereocenters. The quantitative estimate of drug-likeness (QED) is 0.394. The van der Waals surface area contributed by atoms with Crippen LogP contribution >= 0.6 is 11.6 Å². The number of nitrogens with one attached hydrogen (secondary N) is 1. The Labute approximate surface area is 198 Å². The van der Waals surface area contributed by atoms with Gasteiger partial charge < -0.3 is 10.1 Å². The molecule has 0 aliphatic heterocycles. The molecule has 0 spiro atoms. The van der Waals surface area contributed by atoms with Gasteiger partial charge in [0.05, 0.1) is 16.1 Å². The van der Waals surface area contributed by atoms with E-state index in [1.54, 1.807) is 12.3 Å². The number of aromatic nitrogens is 4. The number of hydrogen-bond acceptors (Lipinski definition) is 6. The SMILES string of the molecule is CC(C)COCc1nc(NC2Cc3ccccc3C2)c2ccc(-c3ncccc3Cl)nc2n1. The van der Waals surface area contributed by atoms with Crippen LogP contribution in [0, 0.1) is 5.92 Å². The summed E-state index contributed by atoms with van der Waals surface area (Å²) in [6, 6.07) is 16.4. The largest absolute Gasteiger partial charge is 0.373 e. The van der Waals surface area contributed by atoms with Crippen molar-refractivity contribution in [3.63, 3.8) is 0 Å². The van der Waals surface area contributed by atoms with Gasteiger partial charge in [0.25, 0.3) is 0 Å². The lowest BCUT2D eigenvalue weighted by atomic mass is 10.1. The van der Waals surface area contributed by atoms with Crippen LogP contribution in [0.5, 0.6) is 0 Å². The molecule has 6 nitrogen and oxygen atoms in total. The Morgan fingerprint density at radius 1 is 1.00 bits per heavy atom. The van der Waals surface area contributed by atoms with Crippen LogP contribution in [0.25, 0.3) is 22.4 Å². The molecule has 1 N–H and O–H groups in total. The summed E-state index contributed by atoms with van der Waals surface area (Å²) in [7, 11) is 0. The lowest BCUT2D eigenvalue weighted by Crippen LogP contribution is -2.21. The Hall–Kier alpha value is -3.09. The fourth-order valence-electron chi connectivity index (χ4n) is 4.18. The maximum atomic E-state index is 6.36. The first-order valence-electron chi connectivity index (χ1n) is 11.3. The van der Waals surface area contributed by atoms with Crippen LogP contribution in [0.1, 0.15) is 30.8 Å². The first-order valence-corrected chi connectivity index (χ1v) is 11.6. The smallest absolute Gasteiger partial charge is 0.165 e. The molecular formula is C26H26ClN5O. The Morgan fingerprint density at radius 3 is 2.52 bits per heavy atom. The van der Waals surface area contributed by atoms with E-state index in [0.29, 0.717) is 47.0 Å². The van der Waals surface area contributed by atoms with E-state index in [4.69, 9.17) is 31.3 Å². The molecule has 3 heterocycles. The minimum atomic E-state index is 0.273. The van der Waals surface area contributed by atoms with Crippen molar-refractivity contribution in [2.24, 2.45) is 5.92 Å². The second-order valence-electron chi connectivity index (χ2n) is 8.82. The number of nitrogens with zero attached hydrogens (tertiary/aromatic N) is 4. The summed E-state index contributed by atoms with van der Waals surface area (Å²) in [6.07, 6.45) is 3.65. The molecule has 0 fully saturated rings. The number of rotatable bonds is 7. The third-order valence-corrected chi connectivity index (χ3v) is 5.99. The van der Waals surface area contributed by atoms with Crippen LogP contribution in [0.2, 0.25) is 5.02 Å². The standard InChI is InChI=1S/C26H26ClN5O/c1-16(2)14-33-15-23-31-25(29-19-12-17-6-3-4-7-18(17)13-19)20-9-10-22(30-26(20)32-23)24-21(27)8-5-11-28-24/h3-11,16,19H,12-15H2,1-2H3,(H,29,30,31,32). The summed E-state index contributed by atoms with van der Waals surface area (Å²) in [5.41, 5.74) is 4.70. The van der Waals surface area contributed by atoms with Gasteiger partial charge >= 0.3 is 0 Å². The van der Waals surface area contributed by atoms with Crippen molar-refractivity contribution in [1.29, 1.82) is 0 Å². The highest BCUT2D eigenvalue weighted by molar-refractivity contribution is 6.32. The molecule has 0 saturated heterocycles. The van der Waals surface area contributed by atoms with Crippen LogP contribution in [0.15, 0.2) is 54.7 Å². The molecule has 1 aromatic carbocycles. The van der Waals surface area contributed by atoms with Gasteiger partial charge in [0, 0.05) is 18.8 Å². The maximum absolute atomic E-state index is 6.36. The lowest BCUT2D eigenvalue weighted by Gasteiger charge is -2.16. The predicted octanol–water partition coefficient (Wildman–Crippen LogP) is 5.49. The number of anilines is 1. The van der Waals surface area contributed by atoms with Crippen molar-refractivity contribution in [1.82, 2.24) is 19.9 Å². The van der Waals surface area contributed by atoms with Gasteiger partial charge in [-0.15, -0.1) is 0 Å². The number of benzene rings is 1. The summed E-state index contributed by atoms with van der Waals surface area (Å²) in [5, 5.41) is 5.08. The molecule has 0 amide bonds. The number of halogens is 1. The number of ether oxygens (including phenoxy) is 1. The van der Waals surface area contributed by atoms with E-state index in [-0.39, 0.29) is 6.04 Å². The molecule has 0 radical (unpaired) electrons. The van der Waals surface area contributed by atoms with Crippen molar-refractivity contribution in [3.05, 3.63) is 76.7 Å². The molecule has 3 aromatic heterocycles. The van der Waals surface area contributed by atoms with Gasteiger partial charge in [-0.25, -0.2) is 15.0 Å². The lowest BCUT2D eigenvalue weighted by molar-refractivity contribution is 0.0925. The normalized spacial score (nSPS) is 13.6. The topological polar surface area (TPSA) is 72.8 Å². The van der Waals surface area contributed by atoms with E-state index in [9.17, 15) is 0 Å². The van der Waals surface area contributed by atoms with Crippen LogP contribution in [0.4, 0.5) is 5.82 Å². The number of fused-ring (bicyclic) bond motifs is 2. The first-order chi connectivity index (χ1) is 16.1. The van der Waals surface area contributed by atoms with E-state index >= 15 is 0 Å². The molecule has 1 aliphatic rings. The first kappa shape index (κ1) is 21.7.